The molecule has 10 heteroatoms. The van der Waals surface area contributed by atoms with E-state index in [1.54, 1.807) is 25.1 Å². The Hall–Kier alpha value is -3.66. The van der Waals surface area contributed by atoms with Crippen molar-refractivity contribution < 1.29 is 31.2 Å². The van der Waals surface area contributed by atoms with Crippen LogP contribution in [-0.4, -0.2) is 32.9 Å². The second-order valence-corrected chi connectivity index (χ2v) is 10.9. The molecule has 6 nitrogen and oxygen atoms in total. The summed E-state index contributed by atoms with van der Waals surface area (Å²) in [5, 5.41) is 0. The predicted molar refractivity (Wildman–Crippen MR) is 135 cm³/mol. The molecule has 1 saturated heterocycles. The zero-order valence-corrected chi connectivity index (χ0v) is 21.0. The summed E-state index contributed by atoms with van der Waals surface area (Å²) >= 11 is 0. The number of hydrogen-bond donors (Lipinski definition) is 1. The number of carbonyl (C=O) groups is 2. The third-order valence-corrected chi connectivity index (χ3v) is 6.84. The second-order valence-electron chi connectivity index (χ2n) is 9.17. The van der Waals surface area contributed by atoms with Crippen LogP contribution in [0.3, 0.4) is 0 Å². The van der Waals surface area contributed by atoms with E-state index in [0.717, 1.165) is 16.7 Å². The number of para-hydroxylation sites is 1. The van der Waals surface area contributed by atoms with E-state index in [1.807, 2.05) is 0 Å². The standard InChI is InChI=1S/C27H25F3N2O4S/c1-16-7-8-17(22(28)13-16)14-19(33)15-18-11-12-32(27(18)34)24-10-9-21(25(29)26(24)30)20-5-3-4-6-23(20)31-37(2,35)36/h3-10,13,18,31H,11-12,14-15H2,1-2H3/t18-/m0/s1. The van der Waals surface area contributed by atoms with Crippen molar-refractivity contribution in [3.8, 4) is 11.1 Å². The van der Waals surface area contributed by atoms with Crippen molar-refractivity contribution >= 4 is 33.1 Å². The lowest BCUT2D eigenvalue weighted by molar-refractivity contribution is -0.125. The van der Waals surface area contributed by atoms with Gasteiger partial charge in [-0.25, -0.2) is 21.6 Å². The van der Waals surface area contributed by atoms with Crippen LogP contribution in [0.2, 0.25) is 0 Å². The first kappa shape index (κ1) is 26.4. The number of halogens is 3. The topological polar surface area (TPSA) is 83.6 Å². The van der Waals surface area contributed by atoms with Gasteiger partial charge < -0.3 is 4.90 Å². The SMILES string of the molecule is Cc1ccc(CC(=O)C[C@@H]2CCN(c3ccc(-c4ccccc4NS(C)(=O)=O)c(F)c3F)C2=O)c(F)c1. The zero-order valence-electron chi connectivity index (χ0n) is 20.2. The van der Waals surface area contributed by atoms with Crippen molar-refractivity contribution in [1.82, 2.24) is 0 Å². The van der Waals surface area contributed by atoms with Gasteiger partial charge in [0, 0.05) is 36.4 Å². The zero-order chi connectivity index (χ0) is 26.9. The minimum absolute atomic E-state index is 0.0805. The molecule has 0 aliphatic carbocycles. The van der Waals surface area contributed by atoms with E-state index in [2.05, 4.69) is 4.72 Å². The van der Waals surface area contributed by atoms with Crippen molar-refractivity contribution in [1.29, 1.82) is 0 Å². The number of rotatable bonds is 8. The molecular weight excluding hydrogens is 505 g/mol. The summed E-state index contributed by atoms with van der Waals surface area (Å²) < 4.78 is 70.1. The monoisotopic (exact) mass is 530 g/mol. The number of sulfonamides is 1. The molecule has 3 aromatic rings. The molecule has 3 aromatic carbocycles. The van der Waals surface area contributed by atoms with E-state index in [9.17, 15) is 22.4 Å². The highest BCUT2D eigenvalue weighted by Gasteiger charge is 2.36. The number of nitrogens with zero attached hydrogens (tertiary/aromatic N) is 1. The van der Waals surface area contributed by atoms with E-state index in [4.69, 9.17) is 0 Å². The molecule has 0 aromatic heterocycles. The fourth-order valence-electron chi connectivity index (χ4n) is 4.49. The molecule has 1 N–H and O–H groups in total. The number of anilines is 2. The van der Waals surface area contributed by atoms with E-state index >= 15 is 8.78 Å². The van der Waals surface area contributed by atoms with Crippen molar-refractivity contribution in [2.24, 2.45) is 5.92 Å². The molecule has 0 saturated carbocycles. The number of carbonyl (C=O) groups excluding carboxylic acids is 2. The van der Waals surface area contributed by atoms with Crippen LogP contribution < -0.4 is 9.62 Å². The van der Waals surface area contributed by atoms with Crippen molar-refractivity contribution in [3.63, 3.8) is 0 Å². The van der Waals surface area contributed by atoms with Crippen LogP contribution in [0.25, 0.3) is 11.1 Å². The lowest BCUT2D eigenvalue weighted by Gasteiger charge is -2.19. The molecule has 1 amide bonds. The minimum atomic E-state index is -3.67. The Morgan fingerprint density at radius 3 is 2.46 bits per heavy atom. The normalized spacial score (nSPS) is 15.8. The first-order valence-electron chi connectivity index (χ1n) is 11.6. The fourth-order valence-corrected chi connectivity index (χ4v) is 5.06. The number of nitrogens with one attached hydrogen (secondary N) is 1. The van der Waals surface area contributed by atoms with Gasteiger partial charge in [0.05, 0.1) is 17.6 Å². The number of ketones is 1. The van der Waals surface area contributed by atoms with E-state index in [0.29, 0.717) is 0 Å². The molecule has 1 atom stereocenters. The Balaban J connectivity index is 1.52. The lowest BCUT2D eigenvalue weighted by Crippen LogP contribution is -2.29. The van der Waals surface area contributed by atoms with Crippen LogP contribution in [0.15, 0.2) is 54.6 Å². The van der Waals surface area contributed by atoms with Crippen molar-refractivity contribution in [2.45, 2.75) is 26.2 Å². The van der Waals surface area contributed by atoms with Gasteiger partial charge >= 0.3 is 0 Å². The number of amides is 1. The molecule has 4 rings (SSSR count). The van der Waals surface area contributed by atoms with Gasteiger partial charge in [0.15, 0.2) is 11.6 Å². The highest BCUT2D eigenvalue weighted by Crippen LogP contribution is 2.37. The Bertz CT molecular complexity index is 1490. The molecule has 0 spiro atoms. The first-order valence-corrected chi connectivity index (χ1v) is 13.5. The highest BCUT2D eigenvalue weighted by molar-refractivity contribution is 7.92. The van der Waals surface area contributed by atoms with Gasteiger partial charge in [-0.15, -0.1) is 0 Å². The summed E-state index contributed by atoms with van der Waals surface area (Å²) in [5.74, 6) is -4.53. The van der Waals surface area contributed by atoms with Gasteiger partial charge in [-0.05, 0) is 48.7 Å². The second kappa shape index (κ2) is 10.4. The van der Waals surface area contributed by atoms with Crippen LogP contribution in [0.4, 0.5) is 24.5 Å². The van der Waals surface area contributed by atoms with Gasteiger partial charge in [-0.3, -0.25) is 14.3 Å². The predicted octanol–water partition coefficient (Wildman–Crippen LogP) is 5.01. The molecule has 1 aliphatic heterocycles. The van der Waals surface area contributed by atoms with Crippen molar-refractivity contribution in [2.75, 3.05) is 22.4 Å². The highest BCUT2D eigenvalue weighted by atomic mass is 32.2. The number of benzene rings is 3. The maximum Gasteiger partial charge on any atom is 0.230 e. The summed E-state index contributed by atoms with van der Waals surface area (Å²) in [4.78, 5) is 26.6. The number of Topliss-reactive ketones (excluding diaryl/α,β-unsaturated/α-hetero) is 1. The molecule has 194 valence electrons. The van der Waals surface area contributed by atoms with Gasteiger partial charge in [-0.1, -0.05) is 30.3 Å². The average Bonchev–Trinajstić information content (AvgIpc) is 3.17. The van der Waals surface area contributed by atoms with Crippen molar-refractivity contribution in [3.05, 3.63) is 83.2 Å². The average molecular weight is 531 g/mol. The summed E-state index contributed by atoms with van der Waals surface area (Å²) in [5.41, 5.74) is 0.746. The lowest BCUT2D eigenvalue weighted by atomic mass is 9.96. The Morgan fingerprint density at radius 2 is 1.76 bits per heavy atom. The van der Waals surface area contributed by atoms with E-state index in [-0.39, 0.29) is 59.7 Å². The quantitative estimate of drug-likeness (QED) is 0.444. The third kappa shape index (κ3) is 5.85. The maximum atomic E-state index is 15.2. The third-order valence-electron chi connectivity index (χ3n) is 6.25. The van der Waals surface area contributed by atoms with Gasteiger partial charge in [-0.2, -0.15) is 0 Å². The van der Waals surface area contributed by atoms with Crippen LogP contribution in [-0.2, 0) is 26.0 Å². The summed E-state index contributed by atoms with van der Waals surface area (Å²) in [6.07, 6.45) is 0.927. The molecule has 0 radical (unpaired) electrons. The fraction of sp³-hybridized carbons (Fsp3) is 0.259. The Morgan fingerprint density at radius 1 is 1.03 bits per heavy atom. The largest absolute Gasteiger partial charge is 0.309 e. The summed E-state index contributed by atoms with van der Waals surface area (Å²) in [6, 6.07) is 13.1. The number of aryl methyl sites for hydroxylation is 1. The summed E-state index contributed by atoms with van der Waals surface area (Å²) in [6.45, 7) is 1.83. The smallest absolute Gasteiger partial charge is 0.230 e. The van der Waals surface area contributed by atoms with Crippen LogP contribution in [0.1, 0.15) is 24.0 Å². The van der Waals surface area contributed by atoms with Crippen LogP contribution in [0.5, 0.6) is 0 Å². The van der Waals surface area contributed by atoms with E-state index < -0.39 is 39.3 Å². The minimum Gasteiger partial charge on any atom is -0.309 e. The maximum absolute atomic E-state index is 15.2. The molecule has 1 heterocycles. The Labute approximate surface area is 213 Å². The molecule has 0 unspecified atom stereocenters. The number of hydrogen-bond acceptors (Lipinski definition) is 4. The van der Waals surface area contributed by atoms with Gasteiger partial charge in [0.25, 0.3) is 0 Å². The summed E-state index contributed by atoms with van der Waals surface area (Å²) in [7, 11) is -3.67. The van der Waals surface area contributed by atoms with Gasteiger partial charge in [0.1, 0.15) is 11.6 Å². The Kier molecular flexibility index (Phi) is 7.40. The molecule has 1 aliphatic rings. The van der Waals surface area contributed by atoms with Crippen LogP contribution >= 0.6 is 0 Å². The molecule has 37 heavy (non-hydrogen) atoms. The van der Waals surface area contributed by atoms with Gasteiger partial charge in [0.2, 0.25) is 15.9 Å². The molecule has 1 fully saturated rings. The molecule has 0 bridgehead atoms. The first-order chi connectivity index (χ1) is 17.4. The van der Waals surface area contributed by atoms with Crippen LogP contribution in [0, 0.1) is 30.3 Å². The molecular formula is C27H25F3N2O4S. The van der Waals surface area contributed by atoms with E-state index in [1.165, 1.54) is 36.4 Å².